The molecule has 0 spiro atoms. The Labute approximate surface area is 165 Å². The lowest BCUT2D eigenvalue weighted by Crippen LogP contribution is -2.21. The van der Waals surface area contributed by atoms with Gasteiger partial charge in [-0.05, 0) is 30.3 Å². The van der Waals surface area contributed by atoms with Gasteiger partial charge in [0.1, 0.15) is 18.1 Å². The molecule has 28 heavy (non-hydrogen) atoms. The zero-order chi connectivity index (χ0) is 20.1. The normalized spacial score (nSPS) is 11.3. The lowest BCUT2D eigenvalue weighted by atomic mass is 10.1. The van der Waals surface area contributed by atoms with E-state index in [0.717, 1.165) is 0 Å². The fourth-order valence-electron chi connectivity index (χ4n) is 2.48. The molecule has 0 aromatic carbocycles. The predicted molar refractivity (Wildman–Crippen MR) is 99.1 cm³/mol. The van der Waals surface area contributed by atoms with E-state index in [1.165, 1.54) is 44.9 Å². The minimum absolute atomic E-state index is 0.225. The van der Waals surface area contributed by atoms with Gasteiger partial charge in [-0.2, -0.15) is 8.78 Å². The molecule has 0 saturated carbocycles. The van der Waals surface area contributed by atoms with Gasteiger partial charge in [0, 0.05) is 25.1 Å². The molecule has 3 heterocycles. The quantitative estimate of drug-likeness (QED) is 0.564. The molecule has 0 atom stereocenters. The summed E-state index contributed by atoms with van der Waals surface area (Å²) in [4.78, 5) is 12.1. The Balaban J connectivity index is 1.92. The Kier molecular flexibility index (Phi) is 6.01. The van der Waals surface area contributed by atoms with Gasteiger partial charge in [-0.15, -0.1) is 0 Å². The van der Waals surface area contributed by atoms with Crippen LogP contribution in [0.4, 0.5) is 8.78 Å². The third-order valence-electron chi connectivity index (χ3n) is 3.72. The number of halogens is 3. The molecule has 0 aliphatic rings. The van der Waals surface area contributed by atoms with Crippen molar-refractivity contribution >= 4 is 11.6 Å². The third kappa shape index (κ3) is 4.35. The van der Waals surface area contributed by atoms with Crippen LogP contribution in [-0.4, -0.2) is 35.8 Å². The highest BCUT2D eigenvalue weighted by atomic mass is 35.5. The van der Waals surface area contributed by atoms with Crippen molar-refractivity contribution in [1.29, 1.82) is 0 Å². The lowest BCUT2D eigenvalue weighted by molar-refractivity contribution is -0.0731. The first-order valence-corrected chi connectivity index (χ1v) is 8.48. The van der Waals surface area contributed by atoms with Crippen LogP contribution in [0.2, 0.25) is 5.02 Å². The molecule has 0 bridgehead atoms. The van der Waals surface area contributed by atoms with Gasteiger partial charge < -0.3 is 14.2 Å². The molecule has 0 saturated heterocycles. The fraction of sp³-hybridized carbons (Fsp3) is 0.211. The Morgan fingerprint density at radius 2 is 1.82 bits per heavy atom. The molecule has 146 valence electrons. The first kappa shape index (κ1) is 19.9. The molecule has 9 heteroatoms. The second-order valence-electron chi connectivity index (χ2n) is 5.69. The van der Waals surface area contributed by atoms with Crippen molar-refractivity contribution in [2.24, 2.45) is 0 Å². The van der Waals surface area contributed by atoms with Gasteiger partial charge in [-0.3, -0.25) is 4.98 Å². The van der Waals surface area contributed by atoms with E-state index in [2.05, 4.69) is 19.7 Å². The minimum atomic E-state index is -3.19. The van der Waals surface area contributed by atoms with E-state index in [9.17, 15) is 8.78 Å². The van der Waals surface area contributed by atoms with Crippen molar-refractivity contribution in [2.75, 3.05) is 20.8 Å². The van der Waals surface area contributed by atoms with Crippen molar-refractivity contribution < 1.29 is 23.0 Å². The molecule has 3 aromatic heterocycles. The molecule has 0 aliphatic heterocycles. The molecule has 0 fully saturated rings. The van der Waals surface area contributed by atoms with Gasteiger partial charge in [-0.1, -0.05) is 11.6 Å². The van der Waals surface area contributed by atoms with E-state index in [4.69, 9.17) is 21.1 Å². The average Bonchev–Trinajstić information content (AvgIpc) is 2.69. The summed E-state index contributed by atoms with van der Waals surface area (Å²) in [6.07, 6.45) is 4.20. The zero-order valence-electron chi connectivity index (χ0n) is 15.0. The summed E-state index contributed by atoms with van der Waals surface area (Å²) in [7, 11) is 2.69. The van der Waals surface area contributed by atoms with E-state index in [0.29, 0.717) is 22.0 Å². The molecule has 6 nitrogen and oxygen atoms in total. The van der Waals surface area contributed by atoms with Crippen LogP contribution >= 0.6 is 11.6 Å². The Bertz CT molecular complexity index is 955. The van der Waals surface area contributed by atoms with Gasteiger partial charge in [0.05, 0.1) is 23.9 Å². The van der Waals surface area contributed by atoms with Crippen molar-refractivity contribution in [2.45, 2.75) is 5.92 Å². The summed E-state index contributed by atoms with van der Waals surface area (Å²) in [6, 6.07) is 7.71. The van der Waals surface area contributed by atoms with Gasteiger partial charge in [0.15, 0.2) is 0 Å². The smallest absolute Gasteiger partial charge is 0.312 e. The lowest BCUT2D eigenvalue weighted by Gasteiger charge is -2.15. The number of alkyl halides is 2. The van der Waals surface area contributed by atoms with E-state index in [-0.39, 0.29) is 11.6 Å². The highest BCUT2D eigenvalue weighted by molar-refractivity contribution is 6.30. The van der Waals surface area contributed by atoms with Gasteiger partial charge in [0.2, 0.25) is 11.8 Å². The van der Waals surface area contributed by atoms with E-state index in [1.807, 2.05) is 0 Å². The maximum Gasteiger partial charge on any atom is 0.312 e. The Morgan fingerprint density at radius 3 is 2.50 bits per heavy atom. The highest BCUT2D eigenvalue weighted by Gasteiger charge is 2.33. The third-order valence-corrected chi connectivity index (χ3v) is 3.93. The van der Waals surface area contributed by atoms with Crippen LogP contribution in [0.1, 0.15) is 5.69 Å². The monoisotopic (exact) mass is 407 g/mol. The van der Waals surface area contributed by atoms with Crippen molar-refractivity contribution in [3.63, 3.8) is 0 Å². The molecule has 0 N–H and O–H groups in total. The number of rotatable bonds is 7. The molecular weight excluding hydrogens is 392 g/mol. The van der Waals surface area contributed by atoms with Crippen molar-refractivity contribution in [3.8, 4) is 28.6 Å². The van der Waals surface area contributed by atoms with Crippen LogP contribution in [-0.2, 0) is 10.7 Å². The molecule has 0 amide bonds. The summed E-state index contributed by atoms with van der Waals surface area (Å²) in [5.41, 5.74) is 0.737. The van der Waals surface area contributed by atoms with Crippen molar-refractivity contribution in [1.82, 2.24) is 15.0 Å². The standard InChI is InChI=1S/C19H16ClF2N3O3/c1-26-11-19(21,22)16-6-5-13(10-24-16)28-18-14(4-3-7-23-18)15-8-12(20)9-25-17(15)27-2/h3-10H,11H2,1-2H3. The molecule has 3 rings (SSSR count). The largest absolute Gasteiger partial charge is 0.481 e. The second-order valence-corrected chi connectivity index (χ2v) is 6.12. The van der Waals surface area contributed by atoms with Crippen LogP contribution in [0.15, 0.2) is 48.9 Å². The van der Waals surface area contributed by atoms with Crippen LogP contribution in [0.25, 0.3) is 11.1 Å². The summed E-state index contributed by atoms with van der Waals surface area (Å²) in [6.45, 7) is -0.758. The molecule has 0 aliphatic carbocycles. The van der Waals surface area contributed by atoms with E-state index in [1.54, 1.807) is 18.2 Å². The van der Waals surface area contributed by atoms with Gasteiger partial charge >= 0.3 is 5.92 Å². The van der Waals surface area contributed by atoms with Crippen molar-refractivity contribution in [3.05, 3.63) is 59.6 Å². The fourth-order valence-corrected chi connectivity index (χ4v) is 2.64. The van der Waals surface area contributed by atoms with Crippen LogP contribution in [0.3, 0.4) is 0 Å². The van der Waals surface area contributed by atoms with E-state index < -0.39 is 18.2 Å². The second kappa shape index (κ2) is 8.45. The minimum Gasteiger partial charge on any atom is -0.481 e. The van der Waals surface area contributed by atoms with Crippen LogP contribution in [0.5, 0.6) is 17.5 Å². The summed E-state index contributed by atoms with van der Waals surface area (Å²) < 4.78 is 43.2. The SMILES string of the molecule is COCC(F)(F)c1ccc(Oc2ncccc2-c2cc(Cl)cnc2OC)cn1. The average molecular weight is 408 g/mol. The maximum atomic E-state index is 13.8. The van der Waals surface area contributed by atoms with Gasteiger partial charge in [-0.25, -0.2) is 9.97 Å². The number of aromatic nitrogens is 3. The first-order valence-electron chi connectivity index (χ1n) is 8.10. The topological polar surface area (TPSA) is 66.4 Å². The first-order chi connectivity index (χ1) is 13.4. The number of hydrogen-bond acceptors (Lipinski definition) is 6. The number of pyridine rings is 3. The summed E-state index contributed by atoms with van der Waals surface area (Å²) in [5.74, 6) is -2.38. The number of methoxy groups -OCH3 is 2. The van der Waals surface area contributed by atoms with Gasteiger partial charge in [0.25, 0.3) is 0 Å². The number of ether oxygens (including phenoxy) is 3. The molecule has 3 aromatic rings. The van der Waals surface area contributed by atoms with Crippen LogP contribution in [0, 0.1) is 0 Å². The molecule has 0 radical (unpaired) electrons. The van der Waals surface area contributed by atoms with Crippen LogP contribution < -0.4 is 9.47 Å². The summed E-state index contributed by atoms with van der Waals surface area (Å²) in [5, 5.41) is 0.414. The van der Waals surface area contributed by atoms with E-state index >= 15 is 0 Å². The predicted octanol–water partition coefficient (Wildman–Crippen LogP) is 4.73. The number of nitrogens with zero attached hydrogens (tertiary/aromatic N) is 3. The maximum absolute atomic E-state index is 13.8. The zero-order valence-corrected chi connectivity index (χ0v) is 15.8. The Morgan fingerprint density at radius 1 is 1.00 bits per heavy atom. The highest BCUT2D eigenvalue weighted by Crippen LogP contribution is 2.37. The molecule has 0 unspecified atom stereocenters. The Hall–Kier alpha value is -2.84. The molecular formula is C19H16ClF2N3O3. The number of hydrogen-bond donors (Lipinski definition) is 0. The summed E-state index contributed by atoms with van der Waals surface area (Å²) >= 11 is 6.05.